The number of carbonyl (C=O) groups is 3. The topological polar surface area (TPSA) is 78.9 Å². The highest BCUT2D eigenvalue weighted by molar-refractivity contribution is 5.71. The maximum absolute atomic E-state index is 12.7. The van der Waals surface area contributed by atoms with Crippen LogP contribution in [0.3, 0.4) is 0 Å². The maximum Gasteiger partial charge on any atom is 0.306 e. The third-order valence-corrected chi connectivity index (χ3v) is 10.3. The zero-order chi connectivity index (χ0) is 43.0. The van der Waals surface area contributed by atoms with Gasteiger partial charge in [0.15, 0.2) is 6.10 Å². The van der Waals surface area contributed by atoms with Crippen LogP contribution in [0.25, 0.3) is 0 Å². The largest absolute Gasteiger partial charge is 0.462 e. The molecule has 338 valence electrons. The molecule has 0 bridgehead atoms. The zero-order valence-corrected chi connectivity index (χ0v) is 38.5. The normalized spacial score (nSPS) is 12.7. The molecular weight excluding hydrogens is 733 g/mol. The highest BCUT2D eigenvalue weighted by Gasteiger charge is 2.19. The molecule has 0 aliphatic carbocycles. The van der Waals surface area contributed by atoms with Crippen molar-refractivity contribution >= 4 is 17.9 Å². The Morgan fingerprint density at radius 2 is 0.661 bits per heavy atom. The van der Waals surface area contributed by atoms with Crippen LogP contribution in [-0.4, -0.2) is 37.2 Å². The fourth-order valence-electron chi connectivity index (χ4n) is 6.58. The van der Waals surface area contributed by atoms with Gasteiger partial charge in [-0.15, -0.1) is 0 Å². The van der Waals surface area contributed by atoms with E-state index in [2.05, 4.69) is 69.4 Å². The van der Waals surface area contributed by atoms with E-state index in [9.17, 15) is 14.4 Å². The molecule has 0 saturated heterocycles. The number of allylic oxidation sites excluding steroid dienone is 12. The molecule has 0 spiro atoms. The lowest BCUT2D eigenvalue weighted by atomic mass is 10.1. The molecule has 0 rings (SSSR count). The van der Waals surface area contributed by atoms with Crippen molar-refractivity contribution in [2.75, 3.05) is 13.2 Å². The SMILES string of the molecule is CCC\C=C/C=C\C=C/C=C\C=C/CCCCCCCC(=O)OCC(COC(=O)CCCCCCCCCCCCC)OC(=O)CCCCCCC/C=C\CCCCC. The van der Waals surface area contributed by atoms with Gasteiger partial charge in [0.25, 0.3) is 0 Å². The minimum Gasteiger partial charge on any atom is -0.462 e. The summed E-state index contributed by atoms with van der Waals surface area (Å²) < 4.78 is 16.7. The van der Waals surface area contributed by atoms with E-state index in [0.717, 1.165) is 96.3 Å². The van der Waals surface area contributed by atoms with Gasteiger partial charge in [0, 0.05) is 19.3 Å². The van der Waals surface area contributed by atoms with Crippen molar-refractivity contribution in [3.63, 3.8) is 0 Å². The van der Waals surface area contributed by atoms with E-state index in [1.165, 1.54) is 89.9 Å². The molecule has 0 heterocycles. The van der Waals surface area contributed by atoms with Crippen molar-refractivity contribution in [2.24, 2.45) is 0 Å². The number of hydrogen-bond acceptors (Lipinski definition) is 6. The molecule has 0 aliphatic rings. The van der Waals surface area contributed by atoms with Crippen molar-refractivity contribution in [1.82, 2.24) is 0 Å². The van der Waals surface area contributed by atoms with E-state index in [1.807, 2.05) is 24.3 Å². The van der Waals surface area contributed by atoms with Crippen LogP contribution in [0.2, 0.25) is 0 Å². The molecular formula is C53H90O6. The number of unbranched alkanes of at least 4 members (excludes halogenated alkanes) is 24. The Morgan fingerprint density at radius 3 is 1.10 bits per heavy atom. The molecule has 0 aromatic heterocycles. The van der Waals surface area contributed by atoms with E-state index in [-0.39, 0.29) is 31.1 Å². The van der Waals surface area contributed by atoms with Crippen molar-refractivity contribution in [1.29, 1.82) is 0 Å². The summed E-state index contributed by atoms with van der Waals surface area (Å²) in [5.41, 5.74) is 0. The number of ether oxygens (including phenoxy) is 3. The molecule has 1 atom stereocenters. The number of hydrogen-bond donors (Lipinski definition) is 0. The average Bonchev–Trinajstić information content (AvgIpc) is 3.23. The van der Waals surface area contributed by atoms with Gasteiger partial charge in [0.2, 0.25) is 0 Å². The van der Waals surface area contributed by atoms with E-state index in [0.29, 0.717) is 19.3 Å². The molecule has 59 heavy (non-hydrogen) atoms. The molecule has 6 heteroatoms. The van der Waals surface area contributed by atoms with E-state index in [1.54, 1.807) is 0 Å². The highest BCUT2D eigenvalue weighted by atomic mass is 16.6. The third kappa shape index (κ3) is 45.8. The van der Waals surface area contributed by atoms with Crippen molar-refractivity contribution < 1.29 is 28.6 Å². The predicted octanol–water partition coefficient (Wildman–Crippen LogP) is 15.9. The van der Waals surface area contributed by atoms with Gasteiger partial charge in [-0.25, -0.2) is 0 Å². The third-order valence-electron chi connectivity index (χ3n) is 10.3. The van der Waals surface area contributed by atoms with Gasteiger partial charge < -0.3 is 14.2 Å². The second-order valence-corrected chi connectivity index (χ2v) is 16.1. The monoisotopic (exact) mass is 823 g/mol. The Labute approximate surface area is 363 Å². The van der Waals surface area contributed by atoms with Crippen LogP contribution >= 0.6 is 0 Å². The van der Waals surface area contributed by atoms with Gasteiger partial charge >= 0.3 is 17.9 Å². The van der Waals surface area contributed by atoms with Crippen LogP contribution in [0.15, 0.2) is 72.9 Å². The van der Waals surface area contributed by atoms with Crippen molar-refractivity contribution in [3.8, 4) is 0 Å². The van der Waals surface area contributed by atoms with Gasteiger partial charge in [-0.2, -0.15) is 0 Å². The molecule has 1 unspecified atom stereocenters. The summed E-state index contributed by atoms with van der Waals surface area (Å²) in [6, 6.07) is 0. The first-order valence-corrected chi connectivity index (χ1v) is 24.5. The maximum atomic E-state index is 12.7. The first-order chi connectivity index (χ1) is 29.0. The first kappa shape index (κ1) is 55.9. The zero-order valence-electron chi connectivity index (χ0n) is 38.5. The standard InChI is InChI=1S/C53H90O6/c1-4-7-10-13-16-19-22-24-25-26-27-28-29-32-34-37-40-43-46-52(55)58-49-50(48-57-51(54)45-42-39-36-33-30-21-18-15-12-9-6-3)59-53(56)47-44-41-38-35-31-23-20-17-14-11-8-5-2/h10,13,16-17,19-20,22,24-28,50H,4-9,11-12,14-15,18,21,23,29-49H2,1-3H3/b13-10-,19-16-,20-17-,24-22-,26-25-,28-27-. The van der Waals surface area contributed by atoms with Crippen molar-refractivity contribution in [2.45, 2.75) is 232 Å². The summed E-state index contributed by atoms with van der Waals surface area (Å²) in [7, 11) is 0. The van der Waals surface area contributed by atoms with Crippen LogP contribution in [0.1, 0.15) is 226 Å². The molecule has 6 nitrogen and oxygen atoms in total. The molecule has 0 aromatic rings. The molecule has 0 aromatic carbocycles. The van der Waals surface area contributed by atoms with Gasteiger partial charge in [-0.1, -0.05) is 216 Å². The number of rotatable bonds is 43. The lowest BCUT2D eigenvalue weighted by Gasteiger charge is -2.18. The number of carbonyl (C=O) groups excluding carboxylic acids is 3. The Morgan fingerprint density at radius 1 is 0.339 bits per heavy atom. The van der Waals surface area contributed by atoms with E-state index < -0.39 is 6.10 Å². The van der Waals surface area contributed by atoms with Gasteiger partial charge in [0.05, 0.1) is 0 Å². The smallest absolute Gasteiger partial charge is 0.306 e. The van der Waals surface area contributed by atoms with Gasteiger partial charge in [-0.05, 0) is 64.2 Å². The number of esters is 3. The van der Waals surface area contributed by atoms with Crippen LogP contribution in [0, 0.1) is 0 Å². The predicted molar refractivity (Wildman–Crippen MR) is 251 cm³/mol. The van der Waals surface area contributed by atoms with Crippen LogP contribution < -0.4 is 0 Å². The summed E-state index contributed by atoms with van der Waals surface area (Å²) in [5, 5.41) is 0. The molecule has 0 saturated carbocycles. The van der Waals surface area contributed by atoms with Gasteiger partial charge in [-0.3, -0.25) is 14.4 Å². The van der Waals surface area contributed by atoms with Crippen LogP contribution in [0.5, 0.6) is 0 Å². The Bertz CT molecular complexity index is 1130. The Balaban J connectivity index is 4.42. The lowest BCUT2D eigenvalue weighted by Crippen LogP contribution is -2.30. The molecule has 0 N–H and O–H groups in total. The fourth-order valence-corrected chi connectivity index (χ4v) is 6.58. The highest BCUT2D eigenvalue weighted by Crippen LogP contribution is 2.14. The van der Waals surface area contributed by atoms with E-state index >= 15 is 0 Å². The Hall–Kier alpha value is -3.15. The molecule has 0 aliphatic heterocycles. The minimum absolute atomic E-state index is 0.0862. The van der Waals surface area contributed by atoms with Crippen LogP contribution in [-0.2, 0) is 28.6 Å². The quantitative estimate of drug-likeness (QED) is 0.0200. The van der Waals surface area contributed by atoms with E-state index in [4.69, 9.17) is 14.2 Å². The summed E-state index contributed by atoms with van der Waals surface area (Å²) in [6.07, 6.45) is 58.7. The summed E-state index contributed by atoms with van der Waals surface area (Å²) in [6.45, 7) is 6.48. The summed E-state index contributed by atoms with van der Waals surface area (Å²) in [4.78, 5) is 37.8. The minimum atomic E-state index is -0.787. The lowest BCUT2D eigenvalue weighted by molar-refractivity contribution is -0.167. The summed E-state index contributed by atoms with van der Waals surface area (Å²) >= 11 is 0. The second-order valence-electron chi connectivity index (χ2n) is 16.1. The Kier molecular flexibility index (Phi) is 45.0. The summed E-state index contributed by atoms with van der Waals surface area (Å²) in [5.74, 6) is -0.923. The second kappa shape index (κ2) is 47.5. The molecule has 0 fully saturated rings. The molecule has 0 amide bonds. The fraction of sp³-hybridized carbons (Fsp3) is 0.717. The van der Waals surface area contributed by atoms with Gasteiger partial charge in [0.1, 0.15) is 13.2 Å². The van der Waals surface area contributed by atoms with Crippen molar-refractivity contribution in [3.05, 3.63) is 72.9 Å². The average molecular weight is 823 g/mol. The first-order valence-electron chi connectivity index (χ1n) is 24.5. The van der Waals surface area contributed by atoms with Crippen LogP contribution in [0.4, 0.5) is 0 Å². The molecule has 0 radical (unpaired) electrons.